The SMILES string of the molecule is CCCCS(=O)CS(=O)c1ccccc1C. The van der Waals surface area contributed by atoms with Gasteiger partial charge in [-0.15, -0.1) is 0 Å². The molecule has 0 aliphatic carbocycles. The first kappa shape index (κ1) is 13.6. The van der Waals surface area contributed by atoms with Gasteiger partial charge in [0.25, 0.3) is 0 Å². The first-order chi connectivity index (χ1) is 7.65. The van der Waals surface area contributed by atoms with Gasteiger partial charge in [-0.05, 0) is 25.0 Å². The number of unbranched alkanes of at least 4 members (excludes halogenated alkanes) is 1. The highest BCUT2D eigenvalue weighted by atomic mass is 32.2. The molecular weight excluding hydrogens is 240 g/mol. The van der Waals surface area contributed by atoms with Crippen molar-refractivity contribution in [1.82, 2.24) is 0 Å². The van der Waals surface area contributed by atoms with Crippen molar-refractivity contribution < 1.29 is 8.42 Å². The maximum absolute atomic E-state index is 12.0. The highest BCUT2D eigenvalue weighted by Crippen LogP contribution is 2.13. The van der Waals surface area contributed by atoms with Gasteiger partial charge in [0.05, 0.1) is 10.8 Å². The molecule has 16 heavy (non-hydrogen) atoms. The van der Waals surface area contributed by atoms with E-state index in [1.807, 2.05) is 31.2 Å². The Balaban J connectivity index is 2.59. The average Bonchev–Trinajstić information content (AvgIpc) is 2.26. The molecule has 90 valence electrons. The summed E-state index contributed by atoms with van der Waals surface area (Å²) in [6, 6.07) is 7.57. The minimum Gasteiger partial charge on any atom is -0.259 e. The maximum atomic E-state index is 12.0. The first-order valence-corrected chi connectivity index (χ1v) is 8.24. The van der Waals surface area contributed by atoms with Crippen molar-refractivity contribution in [1.29, 1.82) is 0 Å². The summed E-state index contributed by atoms with van der Waals surface area (Å²) < 4.78 is 23.6. The van der Waals surface area contributed by atoms with Crippen molar-refractivity contribution in [2.75, 3.05) is 10.8 Å². The van der Waals surface area contributed by atoms with Crippen LogP contribution in [0.15, 0.2) is 29.2 Å². The summed E-state index contributed by atoms with van der Waals surface area (Å²) in [7, 11) is -2.09. The Kier molecular flexibility index (Phi) is 5.91. The van der Waals surface area contributed by atoms with Crippen LogP contribution in [0.3, 0.4) is 0 Å². The van der Waals surface area contributed by atoms with Crippen LogP contribution in [0.1, 0.15) is 25.3 Å². The van der Waals surface area contributed by atoms with Gasteiger partial charge in [-0.3, -0.25) is 8.42 Å². The normalized spacial score (nSPS) is 14.6. The zero-order chi connectivity index (χ0) is 12.0. The molecule has 1 aromatic rings. The Hall–Kier alpha value is -0.480. The third kappa shape index (κ3) is 4.18. The molecule has 0 N–H and O–H groups in total. The predicted molar refractivity (Wildman–Crippen MR) is 70.4 cm³/mol. The fourth-order valence-corrected chi connectivity index (χ4v) is 4.56. The van der Waals surface area contributed by atoms with Crippen LogP contribution in [0.25, 0.3) is 0 Å². The molecule has 0 aromatic heterocycles. The highest BCUT2D eigenvalue weighted by molar-refractivity contribution is 8.01. The van der Waals surface area contributed by atoms with Gasteiger partial charge in [0, 0.05) is 21.4 Å². The molecule has 0 bridgehead atoms. The van der Waals surface area contributed by atoms with E-state index in [4.69, 9.17) is 0 Å². The van der Waals surface area contributed by atoms with Crippen molar-refractivity contribution in [2.24, 2.45) is 0 Å². The highest BCUT2D eigenvalue weighted by Gasteiger charge is 2.10. The van der Waals surface area contributed by atoms with Gasteiger partial charge in [0.15, 0.2) is 0 Å². The maximum Gasteiger partial charge on any atom is 0.104 e. The van der Waals surface area contributed by atoms with Crippen LogP contribution >= 0.6 is 0 Å². The lowest BCUT2D eigenvalue weighted by atomic mass is 10.2. The van der Waals surface area contributed by atoms with Crippen LogP contribution in [-0.4, -0.2) is 19.3 Å². The molecule has 0 heterocycles. The lowest BCUT2D eigenvalue weighted by Gasteiger charge is -2.05. The number of hydrogen-bond donors (Lipinski definition) is 0. The summed E-state index contributed by atoms with van der Waals surface area (Å²) in [5, 5.41) is 0.269. The summed E-state index contributed by atoms with van der Waals surface area (Å²) in [5.74, 6) is 0.661. The fraction of sp³-hybridized carbons (Fsp3) is 0.500. The lowest BCUT2D eigenvalue weighted by Crippen LogP contribution is -2.09. The van der Waals surface area contributed by atoms with Gasteiger partial charge in [-0.1, -0.05) is 31.5 Å². The van der Waals surface area contributed by atoms with Crippen LogP contribution in [-0.2, 0) is 21.6 Å². The van der Waals surface area contributed by atoms with E-state index in [1.54, 1.807) is 0 Å². The number of aryl methyl sites for hydroxylation is 1. The summed E-state index contributed by atoms with van der Waals surface area (Å²) in [4.78, 5) is 0.812. The Morgan fingerprint density at radius 1 is 1.19 bits per heavy atom. The summed E-state index contributed by atoms with van der Waals surface area (Å²) in [6.07, 6.45) is 1.97. The molecular formula is C12H18O2S2. The van der Waals surface area contributed by atoms with E-state index < -0.39 is 21.6 Å². The standard InChI is InChI=1S/C12H18O2S2/c1-3-4-9-15(13)10-16(14)12-8-6-5-7-11(12)2/h5-8H,3-4,9-10H2,1-2H3. The fourth-order valence-electron chi connectivity index (χ4n) is 1.36. The van der Waals surface area contributed by atoms with Crippen molar-refractivity contribution in [2.45, 2.75) is 31.6 Å². The minimum absolute atomic E-state index is 0.269. The molecule has 0 aliphatic heterocycles. The molecule has 0 fully saturated rings. The third-order valence-electron chi connectivity index (χ3n) is 2.30. The van der Waals surface area contributed by atoms with E-state index in [9.17, 15) is 8.42 Å². The minimum atomic E-state index is -1.13. The van der Waals surface area contributed by atoms with Gasteiger partial charge >= 0.3 is 0 Å². The zero-order valence-electron chi connectivity index (χ0n) is 9.77. The van der Waals surface area contributed by atoms with Gasteiger partial charge in [0.2, 0.25) is 0 Å². The van der Waals surface area contributed by atoms with Gasteiger partial charge in [0.1, 0.15) is 5.08 Å². The topological polar surface area (TPSA) is 34.1 Å². The molecule has 0 spiro atoms. The van der Waals surface area contributed by atoms with Crippen LogP contribution in [0, 0.1) is 6.92 Å². The molecule has 0 amide bonds. The second kappa shape index (κ2) is 6.97. The van der Waals surface area contributed by atoms with Crippen LogP contribution in [0.5, 0.6) is 0 Å². The molecule has 2 nitrogen and oxygen atoms in total. The largest absolute Gasteiger partial charge is 0.259 e. The first-order valence-electron chi connectivity index (χ1n) is 5.44. The van der Waals surface area contributed by atoms with E-state index in [0.29, 0.717) is 5.75 Å². The van der Waals surface area contributed by atoms with E-state index in [2.05, 4.69) is 6.92 Å². The molecule has 0 saturated carbocycles. The van der Waals surface area contributed by atoms with Crippen LogP contribution in [0.4, 0.5) is 0 Å². The monoisotopic (exact) mass is 258 g/mol. The van der Waals surface area contributed by atoms with Gasteiger partial charge in [-0.2, -0.15) is 0 Å². The molecule has 0 radical (unpaired) electrons. The Bertz CT molecular complexity index is 388. The molecule has 1 rings (SSSR count). The molecule has 1 aromatic carbocycles. The van der Waals surface area contributed by atoms with Crippen molar-refractivity contribution in [3.05, 3.63) is 29.8 Å². The van der Waals surface area contributed by atoms with Crippen molar-refractivity contribution >= 4 is 21.6 Å². The van der Waals surface area contributed by atoms with E-state index in [-0.39, 0.29) is 5.08 Å². The molecule has 0 aliphatic rings. The Morgan fingerprint density at radius 3 is 2.50 bits per heavy atom. The second-order valence-corrected chi connectivity index (χ2v) is 7.09. The summed E-state index contributed by atoms with van der Waals surface area (Å²) in [6.45, 7) is 4.00. The Labute approximate surface area is 102 Å². The Morgan fingerprint density at radius 2 is 1.88 bits per heavy atom. The number of hydrogen-bond acceptors (Lipinski definition) is 2. The quantitative estimate of drug-likeness (QED) is 0.786. The number of rotatable bonds is 6. The summed E-state index contributed by atoms with van der Waals surface area (Å²) >= 11 is 0. The molecule has 2 atom stereocenters. The molecule has 4 heteroatoms. The van der Waals surface area contributed by atoms with E-state index in [0.717, 1.165) is 23.3 Å². The average molecular weight is 258 g/mol. The third-order valence-corrected chi connectivity index (χ3v) is 5.90. The van der Waals surface area contributed by atoms with Crippen LogP contribution in [0.2, 0.25) is 0 Å². The van der Waals surface area contributed by atoms with Gasteiger partial charge < -0.3 is 0 Å². The van der Waals surface area contributed by atoms with Gasteiger partial charge in [-0.25, -0.2) is 0 Å². The molecule has 0 saturated heterocycles. The van der Waals surface area contributed by atoms with E-state index in [1.165, 1.54) is 0 Å². The second-order valence-electron chi connectivity index (χ2n) is 3.73. The predicted octanol–water partition coefficient (Wildman–Crippen LogP) is 2.61. The van der Waals surface area contributed by atoms with Crippen LogP contribution < -0.4 is 0 Å². The zero-order valence-corrected chi connectivity index (χ0v) is 11.4. The lowest BCUT2D eigenvalue weighted by molar-refractivity contribution is 0.677. The summed E-state index contributed by atoms with van der Waals surface area (Å²) in [5.41, 5.74) is 1.01. The van der Waals surface area contributed by atoms with Crippen molar-refractivity contribution in [3.63, 3.8) is 0 Å². The van der Waals surface area contributed by atoms with E-state index >= 15 is 0 Å². The smallest absolute Gasteiger partial charge is 0.104 e. The number of benzene rings is 1. The van der Waals surface area contributed by atoms with Crippen molar-refractivity contribution in [3.8, 4) is 0 Å². The molecule has 2 unspecified atom stereocenters.